The predicted octanol–water partition coefficient (Wildman–Crippen LogP) is 1.48. The number of benzene rings is 1. The van der Waals surface area contributed by atoms with Crippen LogP contribution in [-0.2, 0) is 24.8 Å². The van der Waals surface area contributed by atoms with Gasteiger partial charge in [-0.25, -0.2) is 21.1 Å². The van der Waals surface area contributed by atoms with Crippen molar-refractivity contribution < 1.29 is 21.6 Å². The number of sulfonamides is 2. The van der Waals surface area contributed by atoms with Crippen LogP contribution in [0.3, 0.4) is 0 Å². The van der Waals surface area contributed by atoms with Crippen molar-refractivity contribution in [2.45, 2.75) is 38.0 Å². The van der Waals surface area contributed by atoms with Crippen molar-refractivity contribution in [3.05, 3.63) is 23.8 Å². The van der Waals surface area contributed by atoms with Crippen LogP contribution >= 0.6 is 0 Å². The lowest BCUT2D eigenvalue weighted by molar-refractivity contribution is -0.116. The minimum atomic E-state index is -3.66. The van der Waals surface area contributed by atoms with E-state index in [1.807, 2.05) is 0 Å². The van der Waals surface area contributed by atoms with E-state index in [1.54, 1.807) is 6.92 Å². The zero-order valence-electron chi connectivity index (χ0n) is 14.3. The summed E-state index contributed by atoms with van der Waals surface area (Å²) in [5.74, 6) is -0.182. The lowest BCUT2D eigenvalue weighted by atomic mass is 10.0. The molecule has 138 valence electrons. The molecule has 2 fully saturated rings. The number of rotatable bonds is 3. The fourth-order valence-corrected chi connectivity index (χ4v) is 6.41. The molecule has 2 saturated heterocycles. The van der Waals surface area contributed by atoms with Crippen molar-refractivity contribution in [3.63, 3.8) is 0 Å². The van der Waals surface area contributed by atoms with Crippen LogP contribution in [0.2, 0.25) is 0 Å². The number of hydrogen-bond acceptors (Lipinski definition) is 5. The van der Waals surface area contributed by atoms with E-state index in [1.165, 1.54) is 22.5 Å². The van der Waals surface area contributed by atoms with Gasteiger partial charge in [-0.1, -0.05) is 6.92 Å². The molecule has 0 N–H and O–H groups in total. The molecule has 2 aliphatic rings. The topological polar surface area (TPSA) is 91.8 Å². The summed E-state index contributed by atoms with van der Waals surface area (Å²) in [6.45, 7) is 4.71. The summed E-state index contributed by atoms with van der Waals surface area (Å²) in [6, 6.07) is 4.26. The van der Waals surface area contributed by atoms with Crippen molar-refractivity contribution in [3.8, 4) is 0 Å². The molecule has 1 amide bonds. The standard InChI is InChI=1S/C16H22N2O5S2/c1-12-5-8-17(9-6-12)25(22,23)15-4-3-14(11-13(15)2)18-16(19)7-10-24(18,20)21/h3-4,11-12H,5-10H2,1-2H3. The molecule has 0 saturated carbocycles. The number of amides is 1. The molecule has 9 heteroatoms. The summed E-state index contributed by atoms with van der Waals surface area (Å²) in [4.78, 5) is 12.0. The van der Waals surface area contributed by atoms with Gasteiger partial charge in [0, 0.05) is 19.5 Å². The Morgan fingerprint density at radius 3 is 2.32 bits per heavy atom. The smallest absolute Gasteiger partial charge is 0.243 e. The average molecular weight is 386 g/mol. The Hall–Kier alpha value is -1.45. The van der Waals surface area contributed by atoms with Crippen LogP contribution in [0.25, 0.3) is 0 Å². The molecule has 0 unspecified atom stereocenters. The van der Waals surface area contributed by atoms with Crippen LogP contribution in [0.15, 0.2) is 23.1 Å². The van der Waals surface area contributed by atoms with Gasteiger partial charge in [-0.3, -0.25) is 4.79 Å². The Morgan fingerprint density at radius 1 is 1.16 bits per heavy atom. The van der Waals surface area contributed by atoms with Gasteiger partial charge in [0.05, 0.1) is 16.3 Å². The predicted molar refractivity (Wildman–Crippen MR) is 94.2 cm³/mol. The minimum Gasteiger partial charge on any atom is -0.273 e. The maximum Gasteiger partial charge on any atom is 0.243 e. The molecule has 1 aromatic carbocycles. The van der Waals surface area contributed by atoms with Crippen LogP contribution in [0.5, 0.6) is 0 Å². The van der Waals surface area contributed by atoms with Crippen LogP contribution < -0.4 is 4.31 Å². The Kier molecular flexibility index (Phi) is 4.67. The Morgan fingerprint density at radius 2 is 1.80 bits per heavy atom. The van der Waals surface area contributed by atoms with Gasteiger partial charge in [-0.15, -0.1) is 0 Å². The van der Waals surface area contributed by atoms with E-state index in [0.29, 0.717) is 24.6 Å². The summed E-state index contributed by atoms with van der Waals surface area (Å²) in [5, 5.41) is 0. The number of carbonyl (C=O) groups is 1. The van der Waals surface area contributed by atoms with Gasteiger partial charge in [0.1, 0.15) is 0 Å². The zero-order chi connectivity index (χ0) is 18.4. The van der Waals surface area contributed by atoms with E-state index < -0.39 is 26.0 Å². The van der Waals surface area contributed by atoms with Gasteiger partial charge in [0.25, 0.3) is 0 Å². The molecule has 2 aliphatic heterocycles. The lowest BCUT2D eigenvalue weighted by Crippen LogP contribution is -2.38. The molecular formula is C16H22N2O5S2. The summed E-state index contributed by atoms with van der Waals surface area (Å²) in [7, 11) is -7.28. The number of nitrogens with zero attached hydrogens (tertiary/aromatic N) is 2. The second-order valence-electron chi connectivity index (χ2n) is 6.76. The van der Waals surface area contributed by atoms with E-state index in [-0.39, 0.29) is 22.8 Å². The van der Waals surface area contributed by atoms with E-state index in [0.717, 1.165) is 17.1 Å². The monoisotopic (exact) mass is 386 g/mol. The van der Waals surface area contributed by atoms with Gasteiger partial charge in [0.15, 0.2) is 0 Å². The first-order chi connectivity index (χ1) is 11.6. The maximum absolute atomic E-state index is 12.9. The molecule has 3 rings (SSSR count). The van der Waals surface area contributed by atoms with Crippen molar-refractivity contribution in [2.75, 3.05) is 23.1 Å². The normalized spacial score (nSPS) is 22.5. The second kappa shape index (κ2) is 6.37. The number of hydrogen-bond donors (Lipinski definition) is 0. The van der Waals surface area contributed by atoms with Crippen molar-refractivity contribution >= 4 is 31.6 Å². The highest BCUT2D eigenvalue weighted by Gasteiger charge is 2.37. The summed E-state index contributed by atoms with van der Waals surface area (Å²) in [5.41, 5.74) is 0.636. The van der Waals surface area contributed by atoms with Gasteiger partial charge in [-0.2, -0.15) is 4.31 Å². The maximum atomic E-state index is 12.9. The Balaban J connectivity index is 1.94. The van der Waals surface area contributed by atoms with E-state index >= 15 is 0 Å². The zero-order valence-corrected chi connectivity index (χ0v) is 15.9. The molecule has 0 aliphatic carbocycles. The van der Waals surface area contributed by atoms with Gasteiger partial charge < -0.3 is 0 Å². The first-order valence-electron chi connectivity index (χ1n) is 8.29. The van der Waals surface area contributed by atoms with Crippen LogP contribution in [-0.4, -0.2) is 45.9 Å². The van der Waals surface area contributed by atoms with Crippen molar-refractivity contribution in [1.82, 2.24) is 4.31 Å². The van der Waals surface area contributed by atoms with Crippen LogP contribution in [0.4, 0.5) is 5.69 Å². The SMILES string of the molecule is Cc1cc(N2C(=O)CCS2(=O)=O)ccc1S(=O)(=O)N1CCC(C)CC1. The quantitative estimate of drug-likeness (QED) is 0.785. The van der Waals surface area contributed by atoms with Gasteiger partial charge in [0.2, 0.25) is 26.0 Å². The fraction of sp³-hybridized carbons (Fsp3) is 0.562. The number of carbonyl (C=O) groups excluding carboxylic acids is 1. The van der Waals surface area contributed by atoms with Crippen LogP contribution in [0, 0.1) is 12.8 Å². The third-order valence-corrected chi connectivity index (χ3v) is 8.58. The molecule has 2 heterocycles. The molecule has 0 spiro atoms. The lowest BCUT2D eigenvalue weighted by Gasteiger charge is -2.30. The highest BCUT2D eigenvalue weighted by Crippen LogP contribution is 2.31. The molecule has 25 heavy (non-hydrogen) atoms. The fourth-order valence-electron chi connectivity index (χ4n) is 3.28. The first-order valence-corrected chi connectivity index (χ1v) is 11.3. The highest BCUT2D eigenvalue weighted by molar-refractivity contribution is 7.94. The Bertz CT molecular complexity index is 900. The van der Waals surface area contributed by atoms with Gasteiger partial charge >= 0.3 is 0 Å². The highest BCUT2D eigenvalue weighted by atomic mass is 32.2. The first kappa shape index (κ1) is 18.3. The molecular weight excluding hydrogens is 364 g/mol. The Labute approximate surface area is 148 Å². The molecule has 0 atom stereocenters. The summed E-state index contributed by atoms with van der Waals surface area (Å²) >= 11 is 0. The second-order valence-corrected chi connectivity index (χ2v) is 10.6. The third kappa shape index (κ3) is 3.32. The molecule has 7 nitrogen and oxygen atoms in total. The van der Waals surface area contributed by atoms with E-state index in [9.17, 15) is 21.6 Å². The summed E-state index contributed by atoms with van der Waals surface area (Å²) in [6.07, 6.45) is 1.61. The third-order valence-electron chi connectivity index (χ3n) is 4.83. The number of piperidine rings is 1. The largest absolute Gasteiger partial charge is 0.273 e. The number of aryl methyl sites for hydroxylation is 1. The molecule has 1 aromatic rings. The molecule has 0 aromatic heterocycles. The number of anilines is 1. The van der Waals surface area contributed by atoms with Crippen molar-refractivity contribution in [1.29, 1.82) is 0 Å². The van der Waals surface area contributed by atoms with Crippen molar-refractivity contribution in [2.24, 2.45) is 5.92 Å². The van der Waals surface area contributed by atoms with Gasteiger partial charge in [-0.05, 0) is 49.4 Å². The minimum absolute atomic E-state index is 0.0482. The summed E-state index contributed by atoms with van der Waals surface area (Å²) < 4.78 is 52.0. The molecule has 0 bridgehead atoms. The average Bonchev–Trinajstić information content (AvgIpc) is 2.80. The van der Waals surface area contributed by atoms with Crippen LogP contribution in [0.1, 0.15) is 31.7 Å². The molecule has 0 radical (unpaired) electrons. The van der Waals surface area contributed by atoms with E-state index in [4.69, 9.17) is 0 Å². The van der Waals surface area contributed by atoms with E-state index in [2.05, 4.69) is 6.92 Å².